The van der Waals surface area contributed by atoms with E-state index in [4.69, 9.17) is 0 Å². The Morgan fingerprint density at radius 3 is 2.42 bits per heavy atom. The van der Waals surface area contributed by atoms with E-state index in [2.05, 4.69) is 15.3 Å². The maximum atomic E-state index is 12.7. The smallest absolute Gasteiger partial charge is 0.352 e. The summed E-state index contributed by atoms with van der Waals surface area (Å²) in [6.07, 6.45) is -4.38. The minimum atomic E-state index is -4.51. The highest BCUT2D eigenvalue weighted by Crippen LogP contribution is 2.27. The summed E-state index contributed by atoms with van der Waals surface area (Å²) < 4.78 is 40.1. The predicted octanol–water partition coefficient (Wildman–Crippen LogP) is 2.73. The Bertz CT molecular complexity index is 765. The highest BCUT2D eigenvalue weighted by atomic mass is 19.4. The van der Waals surface area contributed by atoms with Crippen LogP contribution in [0.25, 0.3) is 0 Å². The van der Waals surface area contributed by atoms with E-state index in [0.717, 1.165) is 17.5 Å². The van der Waals surface area contributed by atoms with E-state index in [1.54, 1.807) is 6.07 Å². The third-order valence-corrected chi connectivity index (χ3v) is 3.84. The summed E-state index contributed by atoms with van der Waals surface area (Å²) in [7, 11) is 1.86. The van der Waals surface area contributed by atoms with Gasteiger partial charge in [0.25, 0.3) is 5.91 Å². The van der Waals surface area contributed by atoms with Crippen molar-refractivity contribution in [3.05, 3.63) is 46.3 Å². The maximum Gasteiger partial charge on any atom is 0.433 e. The molecule has 2 aromatic rings. The SMILES string of the molecule is Cc1cc(C(F)(F)F)nc(CCNC(=O)c2cc(C)n(C)c2C)n1. The van der Waals surface area contributed by atoms with Gasteiger partial charge in [0.15, 0.2) is 0 Å². The van der Waals surface area contributed by atoms with Gasteiger partial charge in [-0.3, -0.25) is 4.79 Å². The molecule has 0 aliphatic rings. The molecule has 2 heterocycles. The summed E-state index contributed by atoms with van der Waals surface area (Å²) in [5.41, 5.74) is 1.61. The molecule has 0 radical (unpaired) electrons. The quantitative estimate of drug-likeness (QED) is 0.931. The molecule has 2 aromatic heterocycles. The molecular weight excluding hydrogens is 321 g/mol. The van der Waals surface area contributed by atoms with Gasteiger partial charge >= 0.3 is 6.18 Å². The van der Waals surface area contributed by atoms with Crippen molar-refractivity contribution in [2.75, 3.05) is 6.54 Å². The zero-order valence-electron chi connectivity index (χ0n) is 14.0. The summed E-state index contributed by atoms with van der Waals surface area (Å²) in [5, 5.41) is 2.69. The second-order valence-corrected chi connectivity index (χ2v) is 5.66. The average molecular weight is 340 g/mol. The van der Waals surface area contributed by atoms with E-state index in [1.807, 2.05) is 25.5 Å². The van der Waals surface area contributed by atoms with Crippen LogP contribution in [0, 0.1) is 20.8 Å². The Labute approximate surface area is 137 Å². The molecule has 130 valence electrons. The van der Waals surface area contributed by atoms with Gasteiger partial charge in [-0.25, -0.2) is 9.97 Å². The zero-order chi connectivity index (χ0) is 18.1. The first kappa shape index (κ1) is 18.0. The number of hydrogen-bond acceptors (Lipinski definition) is 3. The van der Waals surface area contributed by atoms with Gasteiger partial charge < -0.3 is 9.88 Å². The van der Waals surface area contributed by atoms with Crippen molar-refractivity contribution in [2.24, 2.45) is 7.05 Å². The number of amides is 1. The summed E-state index contributed by atoms with van der Waals surface area (Å²) >= 11 is 0. The molecular formula is C16H19F3N4O. The Hall–Kier alpha value is -2.38. The molecule has 0 atom stereocenters. The van der Waals surface area contributed by atoms with Crippen LogP contribution in [0.1, 0.15) is 39.0 Å². The van der Waals surface area contributed by atoms with Crippen LogP contribution in [0.5, 0.6) is 0 Å². The Morgan fingerprint density at radius 1 is 1.21 bits per heavy atom. The molecule has 2 rings (SSSR count). The topological polar surface area (TPSA) is 59.8 Å². The average Bonchev–Trinajstić information content (AvgIpc) is 2.73. The Morgan fingerprint density at radius 2 is 1.88 bits per heavy atom. The second-order valence-electron chi connectivity index (χ2n) is 5.66. The number of nitrogens with one attached hydrogen (secondary N) is 1. The first-order valence-corrected chi connectivity index (χ1v) is 7.42. The summed E-state index contributed by atoms with van der Waals surface area (Å²) in [5.74, 6) is -0.205. The minimum Gasteiger partial charge on any atom is -0.352 e. The molecule has 0 fully saturated rings. The molecule has 1 N–H and O–H groups in total. The monoisotopic (exact) mass is 340 g/mol. The van der Waals surface area contributed by atoms with Crippen molar-refractivity contribution in [3.63, 3.8) is 0 Å². The van der Waals surface area contributed by atoms with Crippen molar-refractivity contribution in [2.45, 2.75) is 33.4 Å². The molecule has 0 aromatic carbocycles. The van der Waals surface area contributed by atoms with E-state index in [-0.39, 0.29) is 30.4 Å². The molecule has 1 amide bonds. The molecule has 0 saturated heterocycles. The van der Waals surface area contributed by atoms with Gasteiger partial charge in [0, 0.05) is 37.1 Å². The fraction of sp³-hybridized carbons (Fsp3) is 0.438. The van der Waals surface area contributed by atoms with E-state index in [9.17, 15) is 18.0 Å². The molecule has 24 heavy (non-hydrogen) atoms. The van der Waals surface area contributed by atoms with E-state index >= 15 is 0 Å². The maximum absolute atomic E-state index is 12.7. The molecule has 0 saturated carbocycles. The highest BCUT2D eigenvalue weighted by molar-refractivity contribution is 5.95. The largest absolute Gasteiger partial charge is 0.433 e. The standard InChI is InChI=1S/C16H19F3N4O/c1-9-7-13(16(17,18)19)22-14(21-9)5-6-20-15(24)12-8-10(2)23(4)11(12)3/h7-8H,5-6H2,1-4H3,(H,20,24). The van der Waals surface area contributed by atoms with Crippen molar-refractivity contribution >= 4 is 5.91 Å². The molecule has 0 spiro atoms. The number of halogens is 3. The van der Waals surface area contributed by atoms with Gasteiger partial charge in [0.1, 0.15) is 11.5 Å². The van der Waals surface area contributed by atoms with Crippen LogP contribution in [-0.2, 0) is 19.6 Å². The molecule has 8 heteroatoms. The van der Waals surface area contributed by atoms with Gasteiger partial charge in [-0.1, -0.05) is 0 Å². The van der Waals surface area contributed by atoms with Gasteiger partial charge in [-0.2, -0.15) is 13.2 Å². The van der Waals surface area contributed by atoms with Gasteiger partial charge in [-0.15, -0.1) is 0 Å². The van der Waals surface area contributed by atoms with Crippen LogP contribution >= 0.6 is 0 Å². The highest BCUT2D eigenvalue weighted by Gasteiger charge is 2.33. The van der Waals surface area contributed by atoms with Crippen LogP contribution in [0.3, 0.4) is 0 Å². The lowest BCUT2D eigenvalue weighted by molar-refractivity contribution is -0.141. The lowest BCUT2D eigenvalue weighted by atomic mass is 10.2. The van der Waals surface area contributed by atoms with Gasteiger partial charge in [-0.05, 0) is 32.9 Å². The van der Waals surface area contributed by atoms with Crippen molar-refractivity contribution < 1.29 is 18.0 Å². The van der Waals surface area contributed by atoms with E-state index < -0.39 is 11.9 Å². The van der Waals surface area contributed by atoms with Crippen LogP contribution in [0.2, 0.25) is 0 Å². The van der Waals surface area contributed by atoms with Crippen LogP contribution in [0.4, 0.5) is 13.2 Å². The van der Waals surface area contributed by atoms with Crippen molar-refractivity contribution in [3.8, 4) is 0 Å². The number of carbonyl (C=O) groups is 1. The van der Waals surface area contributed by atoms with Crippen LogP contribution in [-0.4, -0.2) is 27.0 Å². The molecule has 0 aliphatic heterocycles. The van der Waals surface area contributed by atoms with Crippen molar-refractivity contribution in [1.29, 1.82) is 0 Å². The fourth-order valence-corrected chi connectivity index (χ4v) is 2.36. The minimum absolute atomic E-state index is 0.0589. The Balaban J connectivity index is 2.03. The lowest BCUT2D eigenvalue weighted by Gasteiger charge is -2.09. The third-order valence-electron chi connectivity index (χ3n) is 3.84. The van der Waals surface area contributed by atoms with E-state index in [1.165, 1.54) is 6.92 Å². The van der Waals surface area contributed by atoms with E-state index in [0.29, 0.717) is 5.56 Å². The second kappa shape index (κ2) is 6.62. The summed E-state index contributed by atoms with van der Waals surface area (Å²) in [6, 6.07) is 2.67. The Kier molecular flexibility index (Phi) is 4.96. The number of rotatable bonds is 4. The number of carbonyl (C=O) groups excluding carboxylic acids is 1. The normalized spacial score (nSPS) is 11.6. The first-order chi connectivity index (χ1) is 11.1. The molecule has 0 bridgehead atoms. The number of hydrogen-bond donors (Lipinski definition) is 1. The molecule has 0 unspecified atom stereocenters. The zero-order valence-corrected chi connectivity index (χ0v) is 14.0. The van der Waals surface area contributed by atoms with Crippen LogP contribution in [0.15, 0.2) is 12.1 Å². The summed E-state index contributed by atoms with van der Waals surface area (Å²) in [4.78, 5) is 19.7. The van der Waals surface area contributed by atoms with Gasteiger partial charge in [0.05, 0.1) is 5.56 Å². The fourth-order valence-electron chi connectivity index (χ4n) is 2.36. The summed E-state index contributed by atoms with van der Waals surface area (Å²) in [6.45, 7) is 5.37. The number of aryl methyl sites for hydroxylation is 2. The number of nitrogens with zero attached hydrogens (tertiary/aromatic N) is 3. The number of aromatic nitrogens is 3. The van der Waals surface area contributed by atoms with Crippen molar-refractivity contribution in [1.82, 2.24) is 19.9 Å². The molecule has 5 nitrogen and oxygen atoms in total. The first-order valence-electron chi connectivity index (χ1n) is 7.42. The van der Waals surface area contributed by atoms with Crippen LogP contribution < -0.4 is 5.32 Å². The molecule has 0 aliphatic carbocycles. The predicted molar refractivity (Wildman–Crippen MR) is 82.7 cm³/mol. The third kappa shape index (κ3) is 3.93. The lowest BCUT2D eigenvalue weighted by Crippen LogP contribution is -2.27. The number of alkyl halides is 3. The van der Waals surface area contributed by atoms with Gasteiger partial charge in [0.2, 0.25) is 0 Å².